The van der Waals surface area contributed by atoms with Crippen molar-refractivity contribution in [2.24, 2.45) is 5.92 Å². The number of nitrogens with one attached hydrogen (secondary N) is 1. The molecule has 1 aliphatic rings. The van der Waals surface area contributed by atoms with Crippen LogP contribution in [0, 0.1) is 5.92 Å². The Bertz CT molecular complexity index is 516. The Kier molecular flexibility index (Phi) is 2.99. The molecule has 0 spiro atoms. The highest BCUT2D eigenvalue weighted by Gasteiger charge is 2.16. The summed E-state index contributed by atoms with van der Waals surface area (Å²) < 4.78 is 2.03. The fourth-order valence-corrected chi connectivity index (χ4v) is 2.57. The van der Waals surface area contributed by atoms with Gasteiger partial charge in [0.2, 0.25) is 0 Å². The molecule has 1 saturated heterocycles. The largest absolute Gasteiger partial charge is 0.316 e. The fraction of sp³-hybridized carbons (Fsp3) is 0.500. The van der Waals surface area contributed by atoms with Crippen molar-refractivity contribution >= 4 is 17.2 Å². The van der Waals surface area contributed by atoms with Crippen LogP contribution in [0.1, 0.15) is 18.7 Å². The molecule has 0 aliphatic carbocycles. The van der Waals surface area contributed by atoms with Crippen LogP contribution in [0.4, 0.5) is 0 Å². The monoisotopic (exact) mass is 250 g/mol. The summed E-state index contributed by atoms with van der Waals surface area (Å²) in [6.45, 7) is 2.23. The van der Waals surface area contributed by atoms with Gasteiger partial charge < -0.3 is 5.32 Å². The van der Waals surface area contributed by atoms with E-state index < -0.39 is 0 Å². The molecule has 1 aliphatic heterocycles. The Balaban J connectivity index is 1.84. The first-order chi connectivity index (χ1) is 8.33. The number of rotatable bonds is 2. The molecular formula is C12H15ClN4. The first kappa shape index (κ1) is 11.0. The lowest BCUT2D eigenvalue weighted by atomic mass is 9.96. The van der Waals surface area contributed by atoms with Crippen molar-refractivity contribution in [2.45, 2.75) is 19.3 Å². The summed E-state index contributed by atoms with van der Waals surface area (Å²) in [4.78, 5) is 0. The Morgan fingerprint density at radius 1 is 1.47 bits per heavy atom. The normalized spacial score (nSPS) is 20.9. The quantitative estimate of drug-likeness (QED) is 0.886. The van der Waals surface area contributed by atoms with Crippen molar-refractivity contribution in [3.8, 4) is 0 Å². The smallest absolute Gasteiger partial charge is 0.162 e. The predicted molar refractivity (Wildman–Crippen MR) is 67.3 cm³/mol. The molecule has 0 saturated carbocycles. The lowest BCUT2D eigenvalue weighted by Gasteiger charge is -2.21. The van der Waals surface area contributed by atoms with Crippen molar-refractivity contribution < 1.29 is 0 Å². The fourth-order valence-electron chi connectivity index (χ4n) is 2.41. The molecule has 3 heterocycles. The number of pyridine rings is 1. The second kappa shape index (κ2) is 4.63. The first-order valence-corrected chi connectivity index (χ1v) is 6.40. The summed E-state index contributed by atoms with van der Waals surface area (Å²) in [7, 11) is 0. The van der Waals surface area contributed by atoms with Crippen LogP contribution >= 0.6 is 11.6 Å². The highest BCUT2D eigenvalue weighted by molar-refractivity contribution is 6.30. The topological polar surface area (TPSA) is 42.2 Å². The van der Waals surface area contributed by atoms with Gasteiger partial charge in [0.1, 0.15) is 5.82 Å². The SMILES string of the molecule is Clc1ccn2c(CC3CCCNC3)nnc2c1. The average molecular weight is 251 g/mol. The molecule has 1 unspecified atom stereocenters. The van der Waals surface area contributed by atoms with Gasteiger partial charge in [-0.15, -0.1) is 10.2 Å². The Labute approximate surface area is 105 Å². The van der Waals surface area contributed by atoms with Crippen LogP contribution in [0.25, 0.3) is 5.65 Å². The van der Waals surface area contributed by atoms with Gasteiger partial charge in [0.25, 0.3) is 0 Å². The predicted octanol–water partition coefficient (Wildman–Crippen LogP) is 1.92. The zero-order valence-corrected chi connectivity index (χ0v) is 10.3. The third-order valence-corrected chi connectivity index (χ3v) is 3.55. The van der Waals surface area contributed by atoms with Gasteiger partial charge in [0, 0.05) is 23.7 Å². The van der Waals surface area contributed by atoms with Gasteiger partial charge in [0.05, 0.1) is 0 Å². The van der Waals surface area contributed by atoms with Crippen LogP contribution in [0.2, 0.25) is 5.02 Å². The van der Waals surface area contributed by atoms with E-state index in [0.717, 1.165) is 31.0 Å². The van der Waals surface area contributed by atoms with Gasteiger partial charge in [-0.2, -0.15) is 0 Å². The molecule has 2 aromatic rings. The summed E-state index contributed by atoms with van der Waals surface area (Å²) in [5.41, 5.74) is 0.830. The van der Waals surface area contributed by atoms with Crippen molar-refractivity contribution in [3.05, 3.63) is 29.2 Å². The summed E-state index contributed by atoms with van der Waals surface area (Å²) in [6.07, 6.45) is 5.46. The maximum Gasteiger partial charge on any atom is 0.162 e. The summed E-state index contributed by atoms with van der Waals surface area (Å²) >= 11 is 5.93. The molecule has 17 heavy (non-hydrogen) atoms. The zero-order chi connectivity index (χ0) is 11.7. The third-order valence-electron chi connectivity index (χ3n) is 3.31. The maximum absolute atomic E-state index is 5.93. The minimum absolute atomic E-state index is 0.673. The summed E-state index contributed by atoms with van der Waals surface area (Å²) in [5.74, 6) is 1.71. The maximum atomic E-state index is 5.93. The van der Waals surface area contributed by atoms with E-state index in [9.17, 15) is 0 Å². The van der Waals surface area contributed by atoms with E-state index in [1.807, 2.05) is 22.7 Å². The number of piperidine rings is 1. The minimum Gasteiger partial charge on any atom is -0.316 e. The molecule has 1 N–H and O–H groups in total. The molecule has 0 radical (unpaired) electrons. The minimum atomic E-state index is 0.673. The van der Waals surface area contributed by atoms with E-state index in [2.05, 4.69) is 15.5 Å². The highest BCUT2D eigenvalue weighted by Crippen LogP contribution is 2.17. The molecule has 1 atom stereocenters. The lowest BCUT2D eigenvalue weighted by Crippen LogP contribution is -2.31. The molecule has 3 rings (SSSR count). The molecule has 1 fully saturated rings. The van der Waals surface area contributed by atoms with Crippen molar-refractivity contribution in [1.29, 1.82) is 0 Å². The van der Waals surface area contributed by atoms with E-state index in [-0.39, 0.29) is 0 Å². The summed E-state index contributed by atoms with van der Waals surface area (Å²) in [5, 5.41) is 12.5. The van der Waals surface area contributed by atoms with Gasteiger partial charge >= 0.3 is 0 Å². The molecule has 90 valence electrons. The number of nitrogens with zero attached hydrogens (tertiary/aromatic N) is 3. The number of fused-ring (bicyclic) bond motifs is 1. The molecule has 2 aromatic heterocycles. The Morgan fingerprint density at radius 2 is 2.41 bits per heavy atom. The molecule has 0 bridgehead atoms. The standard InChI is InChI=1S/C12H15ClN4/c13-10-3-5-17-11(15-16-12(17)7-10)6-9-2-1-4-14-8-9/h3,5,7,9,14H,1-2,4,6,8H2. The number of hydrogen-bond donors (Lipinski definition) is 1. The van der Waals surface area contributed by atoms with Crippen molar-refractivity contribution in [2.75, 3.05) is 13.1 Å². The number of hydrogen-bond acceptors (Lipinski definition) is 3. The van der Waals surface area contributed by atoms with Crippen LogP contribution in [-0.2, 0) is 6.42 Å². The van der Waals surface area contributed by atoms with Crippen LogP contribution in [0.15, 0.2) is 18.3 Å². The number of halogens is 1. The third kappa shape index (κ3) is 2.28. The van der Waals surface area contributed by atoms with Gasteiger partial charge in [-0.05, 0) is 37.9 Å². The van der Waals surface area contributed by atoms with Gasteiger partial charge in [-0.3, -0.25) is 4.40 Å². The van der Waals surface area contributed by atoms with E-state index in [1.165, 1.54) is 12.8 Å². The molecule has 5 heteroatoms. The lowest BCUT2D eigenvalue weighted by molar-refractivity contribution is 0.370. The van der Waals surface area contributed by atoms with E-state index >= 15 is 0 Å². The van der Waals surface area contributed by atoms with Gasteiger partial charge in [-0.1, -0.05) is 11.6 Å². The van der Waals surface area contributed by atoms with Crippen LogP contribution in [0.3, 0.4) is 0 Å². The van der Waals surface area contributed by atoms with E-state index in [1.54, 1.807) is 0 Å². The highest BCUT2D eigenvalue weighted by atomic mass is 35.5. The summed E-state index contributed by atoms with van der Waals surface area (Å²) in [6, 6.07) is 3.72. The van der Waals surface area contributed by atoms with E-state index in [4.69, 9.17) is 11.6 Å². The molecule has 0 amide bonds. The first-order valence-electron chi connectivity index (χ1n) is 6.03. The van der Waals surface area contributed by atoms with Crippen LogP contribution in [0.5, 0.6) is 0 Å². The van der Waals surface area contributed by atoms with E-state index in [0.29, 0.717) is 10.9 Å². The van der Waals surface area contributed by atoms with Crippen molar-refractivity contribution in [3.63, 3.8) is 0 Å². The van der Waals surface area contributed by atoms with Crippen LogP contribution < -0.4 is 5.32 Å². The second-order valence-electron chi connectivity index (χ2n) is 4.61. The van der Waals surface area contributed by atoms with Gasteiger partial charge in [0.15, 0.2) is 5.65 Å². The zero-order valence-electron chi connectivity index (χ0n) is 9.56. The van der Waals surface area contributed by atoms with Gasteiger partial charge in [-0.25, -0.2) is 0 Å². The average Bonchev–Trinajstić information content (AvgIpc) is 2.73. The molecular weight excluding hydrogens is 236 g/mol. The molecule has 4 nitrogen and oxygen atoms in total. The van der Waals surface area contributed by atoms with Crippen molar-refractivity contribution in [1.82, 2.24) is 19.9 Å². The second-order valence-corrected chi connectivity index (χ2v) is 5.04. The molecule has 0 aromatic carbocycles. The number of aromatic nitrogens is 3. The van der Waals surface area contributed by atoms with Crippen LogP contribution in [-0.4, -0.2) is 27.7 Å². The Hall–Kier alpha value is -1.13. The Morgan fingerprint density at radius 3 is 3.24 bits per heavy atom.